The highest BCUT2D eigenvalue weighted by Crippen LogP contribution is 2.27. The van der Waals surface area contributed by atoms with E-state index in [9.17, 15) is 10.1 Å². The van der Waals surface area contributed by atoms with Crippen molar-refractivity contribution in [2.75, 3.05) is 30.8 Å². The summed E-state index contributed by atoms with van der Waals surface area (Å²) in [6, 6.07) is 6.03. The van der Waals surface area contributed by atoms with Crippen molar-refractivity contribution in [3.05, 3.63) is 28.3 Å². The van der Waals surface area contributed by atoms with E-state index in [0.717, 1.165) is 37.3 Å². The van der Waals surface area contributed by atoms with Crippen molar-refractivity contribution < 1.29 is 4.92 Å². The maximum atomic E-state index is 11.0. The molecule has 2 atom stereocenters. The summed E-state index contributed by atoms with van der Waals surface area (Å²) in [5, 5.41) is 17.6. The van der Waals surface area contributed by atoms with Gasteiger partial charge in [0, 0.05) is 48.7 Å². The van der Waals surface area contributed by atoms with E-state index < -0.39 is 0 Å². The topological polar surface area (TPSA) is 70.4 Å². The summed E-state index contributed by atoms with van der Waals surface area (Å²) in [7, 11) is 2.14. The molecule has 0 saturated carbocycles. The van der Waals surface area contributed by atoms with Crippen LogP contribution in [0.15, 0.2) is 18.2 Å². The Balaban J connectivity index is 2.13. The Kier molecular flexibility index (Phi) is 5.01. The molecule has 1 aliphatic heterocycles. The molecule has 0 amide bonds. The summed E-state index contributed by atoms with van der Waals surface area (Å²) < 4.78 is 0. The maximum Gasteiger partial charge on any atom is 0.273 e. The highest BCUT2D eigenvalue weighted by atomic mass is 16.6. The summed E-state index contributed by atoms with van der Waals surface area (Å²) in [5.41, 5.74) is 1.73. The number of likely N-dealkylation sites (tertiary alicyclic amines) is 1. The molecule has 0 aromatic heterocycles. The van der Waals surface area contributed by atoms with E-state index in [1.54, 1.807) is 12.1 Å². The number of hydrogen-bond acceptors (Lipinski definition) is 5. The SMILES string of the molecule is CCNc1cc(NC2CCN(C)C(C)C2)cc([N+](=O)[O-])c1. The van der Waals surface area contributed by atoms with E-state index >= 15 is 0 Å². The van der Waals surface area contributed by atoms with Crippen LogP contribution in [0.25, 0.3) is 0 Å². The van der Waals surface area contributed by atoms with E-state index in [2.05, 4.69) is 29.5 Å². The van der Waals surface area contributed by atoms with Crippen LogP contribution >= 0.6 is 0 Å². The van der Waals surface area contributed by atoms with Crippen LogP contribution in [0.1, 0.15) is 26.7 Å². The van der Waals surface area contributed by atoms with E-state index in [4.69, 9.17) is 0 Å². The number of nitro groups is 1. The number of nitro benzene ring substituents is 1. The van der Waals surface area contributed by atoms with Gasteiger partial charge in [-0.3, -0.25) is 10.1 Å². The first kappa shape index (κ1) is 15.6. The molecule has 21 heavy (non-hydrogen) atoms. The molecule has 116 valence electrons. The molecule has 1 fully saturated rings. The predicted molar refractivity (Wildman–Crippen MR) is 86.0 cm³/mol. The van der Waals surface area contributed by atoms with Crippen molar-refractivity contribution in [1.82, 2.24) is 4.90 Å². The molecule has 6 nitrogen and oxygen atoms in total. The summed E-state index contributed by atoms with van der Waals surface area (Å²) in [6.45, 7) is 5.98. The van der Waals surface area contributed by atoms with Crippen molar-refractivity contribution in [3.8, 4) is 0 Å². The summed E-state index contributed by atoms with van der Waals surface area (Å²) in [5.74, 6) is 0. The minimum absolute atomic E-state index is 0.122. The Morgan fingerprint density at radius 3 is 2.71 bits per heavy atom. The minimum atomic E-state index is -0.344. The number of nitrogens with one attached hydrogen (secondary N) is 2. The zero-order chi connectivity index (χ0) is 15.4. The third-order valence-corrected chi connectivity index (χ3v) is 4.09. The van der Waals surface area contributed by atoms with E-state index in [1.807, 2.05) is 13.0 Å². The highest BCUT2D eigenvalue weighted by Gasteiger charge is 2.23. The maximum absolute atomic E-state index is 11.0. The molecule has 1 aromatic rings. The number of benzene rings is 1. The van der Waals surface area contributed by atoms with Crippen LogP contribution in [0.3, 0.4) is 0 Å². The van der Waals surface area contributed by atoms with Gasteiger partial charge in [-0.1, -0.05) is 0 Å². The van der Waals surface area contributed by atoms with Gasteiger partial charge in [0.05, 0.1) is 4.92 Å². The Labute approximate surface area is 125 Å². The molecule has 1 saturated heterocycles. The van der Waals surface area contributed by atoms with Gasteiger partial charge >= 0.3 is 0 Å². The Morgan fingerprint density at radius 1 is 1.38 bits per heavy atom. The zero-order valence-electron chi connectivity index (χ0n) is 12.9. The fourth-order valence-corrected chi connectivity index (χ4v) is 2.76. The van der Waals surface area contributed by atoms with Crippen LogP contribution in [0, 0.1) is 10.1 Å². The molecule has 0 aliphatic carbocycles. The largest absolute Gasteiger partial charge is 0.385 e. The van der Waals surface area contributed by atoms with E-state index in [0.29, 0.717) is 12.1 Å². The molecule has 0 spiro atoms. The first-order chi connectivity index (χ1) is 9.99. The lowest BCUT2D eigenvalue weighted by atomic mass is 9.98. The monoisotopic (exact) mass is 292 g/mol. The van der Waals surface area contributed by atoms with Crippen molar-refractivity contribution in [1.29, 1.82) is 0 Å². The van der Waals surface area contributed by atoms with Crippen LogP contribution in [0.5, 0.6) is 0 Å². The lowest BCUT2D eigenvalue weighted by Crippen LogP contribution is -2.42. The molecular weight excluding hydrogens is 268 g/mol. The molecule has 1 aliphatic rings. The van der Waals surface area contributed by atoms with Gasteiger partial charge in [0.1, 0.15) is 0 Å². The van der Waals surface area contributed by atoms with Gasteiger partial charge in [-0.25, -0.2) is 0 Å². The number of anilines is 2. The van der Waals surface area contributed by atoms with Gasteiger partial charge in [0.25, 0.3) is 5.69 Å². The summed E-state index contributed by atoms with van der Waals surface area (Å²) in [4.78, 5) is 13.0. The summed E-state index contributed by atoms with van der Waals surface area (Å²) >= 11 is 0. The number of non-ortho nitro benzene ring substituents is 1. The third-order valence-electron chi connectivity index (χ3n) is 4.09. The lowest BCUT2D eigenvalue weighted by molar-refractivity contribution is -0.384. The fraction of sp³-hybridized carbons (Fsp3) is 0.600. The Morgan fingerprint density at radius 2 is 2.10 bits per heavy atom. The van der Waals surface area contributed by atoms with Crippen molar-refractivity contribution in [2.24, 2.45) is 0 Å². The molecule has 1 heterocycles. The second kappa shape index (κ2) is 6.76. The minimum Gasteiger partial charge on any atom is -0.385 e. The first-order valence-electron chi connectivity index (χ1n) is 7.49. The zero-order valence-corrected chi connectivity index (χ0v) is 12.9. The van der Waals surface area contributed by atoms with Gasteiger partial charge in [0.2, 0.25) is 0 Å². The molecule has 2 unspecified atom stereocenters. The molecule has 0 bridgehead atoms. The highest BCUT2D eigenvalue weighted by molar-refractivity contribution is 5.63. The quantitative estimate of drug-likeness (QED) is 0.645. The Hall–Kier alpha value is -1.82. The van der Waals surface area contributed by atoms with Gasteiger partial charge in [0.15, 0.2) is 0 Å². The second-order valence-electron chi connectivity index (χ2n) is 5.75. The van der Waals surface area contributed by atoms with Gasteiger partial charge < -0.3 is 15.5 Å². The van der Waals surface area contributed by atoms with Crippen LogP contribution in [-0.4, -0.2) is 42.0 Å². The number of rotatable bonds is 5. The number of hydrogen-bond donors (Lipinski definition) is 2. The molecular formula is C15H24N4O2. The predicted octanol–water partition coefficient (Wildman–Crippen LogP) is 2.92. The van der Waals surface area contributed by atoms with Gasteiger partial charge in [-0.2, -0.15) is 0 Å². The normalized spacial score (nSPS) is 22.8. The van der Waals surface area contributed by atoms with Crippen molar-refractivity contribution in [3.63, 3.8) is 0 Å². The van der Waals surface area contributed by atoms with Gasteiger partial charge in [-0.05, 0) is 39.8 Å². The van der Waals surface area contributed by atoms with Crippen LogP contribution < -0.4 is 10.6 Å². The fourth-order valence-electron chi connectivity index (χ4n) is 2.76. The Bertz CT molecular complexity index is 506. The van der Waals surface area contributed by atoms with Crippen molar-refractivity contribution >= 4 is 17.1 Å². The molecule has 6 heteroatoms. The van der Waals surface area contributed by atoms with E-state index in [1.165, 1.54) is 0 Å². The molecule has 0 radical (unpaired) electrons. The van der Waals surface area contributed by atoms with Crippen LogP contribution in [0.2, 0.25) is 0 Å². The van der Waals surface area contributed by atoms with Crippen LogP contribution in [0.4, 0.5) is 17.1 Å². The van der Waals surface area contributed by atoms with E-state index in [-0.39, 0.29) is 10.6 Å². The average Bonchev–Trinajstić information content (AvgIpc) is 2.43. The third kappa shape index (κ3) is 4.07. The summed E-state index contributed by atoms with van der Waals surface area (Å²) in [6.07, 6.45) is 2.11. The first-order valence-corrected chi connectivity index (χ1v) is 7.49. The molecule has 2 N–H and O–H groups in total. The number of piperidine rings is 1. The number of nitrogens with zero attached hydrogens (tertiary/aromatic N) is 2. The standard InChI is InChI=1S/C15H24N4O2/c1-4-16-13-8-14(10-15(9-13)19(20)21)17-12-5-6-18(3)11(2)7-12/h8-12,16-17H,4-7H2,1-3H3. The average molecular weight is 292 g/mol. The second-order valence-corrected chi connectivity index (χ2v) is 5.75. The van der Waals surface area contributed by atoms with Gasteiger partial charge in [-0.15, -0.1) is 0 Å². The van der Waals surface area contributed by atoms with Crippen molar-refractivity contribution in [2.45, 2.75) is 38.8 Å². The molecule has 1 aromatic carbocycles. The lowest BCUT2D eigenvalue weighted by Gasteiger charge is -2.35. The van der Waals surface area contributed by atoms with Crippen LogP contribution in [-0.2, 0) is 0 Å². The molecule has 2 rings (SSSR count). The smallest absolute Gasteiger partial charge is 0.273 e.